The molecule has 0 bridgehead atoms. The van der Waals surface area contributed by atoms with Crippen molar-refractivity contribution in [2.75, 3.05) is 18.5 Å². The molecule has 0 amide bonds. The smallest absolute Gasteiger partial charge is 0.202 e. The second-order valence-electron chi connectivity index (χ2n) is 3.97. The van der Waals surface area contributed by atoms with Crippen molar-refractivity contribution in [3.05, 3.63) is 16.8 Å². The number of aromatic nitrogens is 2. The molecule has 0 aromatic carbocycles. The lowest BCUT2D eigenvalue weighted by atomic mass is 10.2. The first-order valence-electron chi connectivity index (χ1n) is 4.82. The van der Waals surface area contributed by atoms with Crippen LogP contribution in [0.25, 0.3) is 0 Å². The predicted octanol–water partition coefficient (Wildman–Crippen LogP) is 2.67. The molecule has 0 aliphatic rings. The Labute approximate surface area is 94.3 Å². The Hall–Kier alpha value is -0.900. The molecular formula is C10H15ClFN3. The van der Waals surface area contributed by atoms with Crippen LogP contribution in [0.15, 0.2) is 0 Å². The zero-order valence-electron chi connectivity index (χ0n) is 9.38. The molecule has 1 aromatic heterocycles. The van der Waals surface area contributed by atoms with Crippen LogP contribution >= 0.6 is 11.6 Å². The summed E-state index contributed by atoms with van der Waals surface area (Å²) in [4.78, 5) is 9.54. The highest BCUT2D eigenvalue weighted by molar-refractivity contribution is 6.29. The zero-order chi connectivity index (χ0) is 11.6. The summed E-state index contributed by atoms with van der Waals surface area (Å²) in [6, 6.07) is 0. The molecular weight excluding hydrogens is 217 g/mol. The quantitative estimate of drug-likeness (QED) is 0.749. The van der Waals surface area contributed by atoms with Crippen molar-refractivity contribution < 1.29 is 4.39 Å². The molecule has 0 atom stereocenters. The van der Waals surface area contributed by atoms with Crippen molar-refractivity contribution in [3.63, 3.8) is 0 Å². The molecule has 0 aliphatic heterocycles. The minimum absolute atomic E-state index is 0.117. The largest absolute Gasteiger partial charge is 0.357 e. The molecule has 1 heterocycles. The molecule has 0 spiro atoms. The van der Waals surface area contributed by atoms with Gasteiger partial charge in [0.25, 0.3) is 0 Å². The summed E-state index contributed by atoms with van der Waals surface area (Å²) in [6.45, 7) is 6.54. The van der Waals surface area contributed by atoms with Gasteiger partial charge in [-0.3, -0.25) is 0 Å². The fourth-order valence-electron chi connectivity index (χ4n) is 1.40. The molecule has 0 aliphatic carbocycles. The van der Waals surface area contributed by atoms with Gasteiger partial charge in [-0.1, -0.05) is 25.4 Å². The highest BCUT2D eigenvalue weighted by Gasteiger charge is 2.15. The number of aryl methyl sites for hydroxylation is 1. The van der Waals surface area contributed by atoms with Crippen molar-refractivity contribution in [2.45, 2.75) is 20.8 Å². The van der Waals surface area contributed by atoms with Crippen LogP contribution in [-0.2, 0) is 0 Å². The number of nitrogens with zero attached hydrogens (tertiary/aromatic N) is 3. The second-order valence-corrected chi connectivity index (χ2v) is 4.33. The number of anilines is 1. The van der Waals surface area contributed by atoms with E-state index in [9.17, 15) is 4.39 Å². The number of rotatable bonds is 3. The van der Waals surface area contributed by atoms with E-state index in [2.05, 4.69) is 23.8 Å². The van der Waals surface area contributed by atoms with Gasteiger partial charge in [0.15, 0.2) is 11.0 Å². The van der Waals surface area contributed by atoms with E-state index in [0.29, 0.717) is 11.7 Å². The van der Waals surface area contributed by atoms with E-state index in [1.165, 1.54) is 0 Å². The molecule has 1 rings (SSSR count). The second kappa shape index (κ2) is 4.75. The van der Waals surface area contributed by atoms with Crippen LogP contribution in [0, 0.1) is 18.7 Å². The van der Waals surface area contributed by atoms with Crippen LogP contribution in [0.1, 0.15) is 19.7 Å². The predicted molar refractivity (Wildman–Crippen MR) is 59.8 cm³/mol. The average molecular weight is 232 g/mol. The summed E-state index contributed by atoms with van der Waals surface area (Å²) in [5.74, 6) is 0.627. The fourth-order valence-corrected chi connectivity index (χ4v) is 1.60. The summed E-state index contributed by atoms with van der Waals surface area (Å²) in [7, 11) is 1.79. The Balaban J connectivity index is 3.02. The van der Waals surface area contributed by atoms with Gasteiger partial charge < -0.3 is 4.90 Å². The van der Waals surface area contributed by atoms with Gasteiger partial charge in [-0.05, 0) is 12.8 Å². The van der Waals surface area contributed by atoms with E-state index < -0.39 is 5.82 Å². The van der Waals surface area contributed by atoms with Crippen molar-refractivity contribution in [3.8, 4) is 0 Å². The number of hydrogen-bond donors (Lipinski definition) is 0. The van der Waals surface area contributed by atoms with E-state index in [1.807, 2.05) is 0 Å². The first-order valence-corrected chi connectivity index (χ1v) is 5.20. The fraction of sp³-hybridized carbons (Fsp3) is 0.600. The van der Waals surface area contributed by atoms with Gasteiger partial charge in [-0.15, -0.1) is 0 Å². The third kappa shape index (κ3) is 3.02. The Kier molecular flexibility index (Phi) is 3.85. The lowest BCUT2D eigenvalue weighted by Gasteiger charge is -2.21. The van der Waals surface area contributed by atoms with Gasteiger partial charge >= 0.3 is 0 Å². The van der Waals surface area contributed by atoms with Crippen LogP contribution < -0.4 is 4.90 Å². The van der Waals surface area contributed by atoms with Gasteiger partial charge in [-0.2, -0.15) is 4.39 Å². The normalized spacial score (nSPS) is 10.9. The van der Waals surface area contributed by atoms with Crippen LogP contribution in [0.5, 0.6) is 0 Å². The van der Waals surface area contributed by atoms with Gasteiger partial charge in [0, 0.05) is 13.6 Å². The zero-order valence-corrected chi connectivity index (χ0v) is 10.1. The Bertz CT molecular complexity index is 355. The van der Waals surface area contributed by atoms with Crippen LogP contribution in [-0.4, -0.2) is 23.6 Å². The highest BCUT2D eigenvalue weighted by atomic mass is 35.5. The van der Waals surface area contributed by atoms with Crippen LogP contribution in [0.4, 0.5) is 10.2 Å². The standard InChI is InChI=1S/C10H15ClFN3/c1-6(2)5-15(4)10-8(12)9(11)13-7(3)14-10/h6H,5H2,1-4H3. The van der Waals surface area contributed by atoms with E-state index in [0.717, 1.165) is 6.54 Å². The lowest BCUT2D eigenvalue weighted by molar-refractivity contribution is 0.584. The molecule has 0 unspecified atom stereocenters. The summed E-state index contributed by atoms with van der Waals surface area (Å²) in [5, 5.41) is -0.117. The summed E-state index contributed by atoms with van der Waals surface area (Å²) in [6.07, 6.45) is 0. The third-order valence-corrected chi connectivity index (χ3v) is 2.16. The average Bonchev–Trinajstić information content (AvgIpc) is 2.09. The maximum Gasteiger partial charge on any atom is 0.202 e. The molecule has 3 nitrogen and oxygen atoms in total. The van der Waals surface area contributed by atoms with Crippen molar-refractivity contribution in [1.29, 1.82) is 0 Å². The Morgan fingerprint density at radius 3 is 2.53 bits per heavy atom. The van der Waals surface area contributed by atoms with Crippen molar-refractivity contribution >= 4 is 17.4 Å². The first-order chi connectivity index (χ1) is 6.91. The molecule has 1 aromatic rings. The number of halogens is 2. The summed E-state index contributed by atoms with van der Waals surface area (Å²) < 4.78 is 13.6. The third-order valence-electron chi connectivity index (χ3n) is 1.91. The minimum atomic E-state index is -0.551. The van der Waals surface area contributed by atoms with E-state index in [-0.39, 0.29) is 11.0 Å². The molecule has 84 valence electrons. The van der Waals surface area contributed by atoms with Gasteiger partial charge in [0.1, 0.15) is 5.82 Å². The number of hydrogen-bond acceptors (Lipinski definition) is 3. The van der Waals surface area contributed by atoms with Crippen LogP contribution in [0.2, 0.25) is 5.15 Å². The molecule has 5 heteroatoms. The molecule has 0 saturated carbocycles. The Morgan fingerprint density at radius 2 is 2.00 bits per heavy atom. The molecule has 0 radical (unpaired) electrons. The topological polar surface area (TPSA) is 29.0 Å². The maximum atomic E-state index is 13.6. The molecule has 15 heavy (non-hydrogen) atoms. The van der Waals surface area contributed by atoms with E-state index in [1.54, 1.807) is 18.9 Å². The van der Waals surface area contributed by atoms with E-state index in [4.69, 9.17) is 11.6 Å². The van der Waals surface area contributed by atoms with Crippen LogP contribution in [0.3, 0.4) is 0 Å². The summed E-state index contributed by atoms with van der Waals surface area (Å²) >= 11 is 5.65. The van der Waals surface area contributed by atoms with Gasteiger partial charge in [0.2, 0.25) is 5.82 Å². The molecule has 0 saturated heterocycles. The first kappa shape index (κ1) is 12.2. The lowest BCUT2D eigenvalue weighted by Crippen LogP contribution is -2.25. The van der Waals surface area contributed by atoms with Gasteiger partial charge in [-0.25, -0.2) is 9.97 Å². The SMILES string of the molecule is Cc1nc(Cl)c(F)c(N(C)CC(C)C)n1. The monoisotopic (exact) mass is 231 g/mol. The Morgan fingerprint density at radius 1 is 1.40 bits per heavy atom. The maximum absolute atomic E-state index is 13.6. The highest BCUT2D eigenvalue weighted by Crippen LogP contribution is 2.21. The minimum Gasteiger partial charge on any atom is -0.357 e. The summed E-state index contributed by atoms with van der Waals surface area (Å²) in [5.41, 5.74) is 0. The van der Waals surface area contributed by atoms with Crippen molar-refractivity contribution in [2.24, 2.45) is 5.92 Å². The molecule has 0 fully saturated rings. The molecule has 0 N–H and O–H groups in total. The van der Waals surface area contributed by atoms with E-state index >= 15 is 0 Å². The van der Waals surface area contributed by atoms with Gasteiger partial charge in [0.05, 0.1) is 0 Å². The van der Waals surface area contributed by atoms with Crippen molar-refractivity contribution in [1.82, 2.24) is 9.97 Å².